The second-order valence-electron chi connectivity index (χ2n) is 5.11. The zero-order chi connectivity index (χ0) is 17.0. The van der Waals surface area contributed by atoms with Gasteiger partial charge in [-0.25, -0.2) is 4.79 Å². The van der Waals surface area contributed by atoms with Crippen molar-refractivity contribution in [2.24, 2.45) is 0 Å². The van der Waals surface area contributed by atoms with Crippen LogP contribution < -0.4 is 0 Å². The van der Waals surface area contributed by atoms with E-state index in [1.807, 2.05) is 0 Å². The number of halogens is 3. The summed E-state index contributed by atoms with van der Waals surface area (Å²) in [5.74, 6) is -0.842. The molecule has 1 amide bonds. The molecule has 0 aliphatic carbocycles. The van der Waals surface area contributed by atoms with E-state index in [1.54, 1.807) is 0 Å². The Kier molecular flexibility index (Phi) is 5.56. The number of nitrogens with zero attached hydrogens (tertiary/aromatic N) is 1. The number of benzene rings is 1. The SMILES string of the molecule is COC(=O)C1CCCCN1C(=O)c1ccc(SC(F)(F)F)cc1. The smallest absolute Gasteiger partial charge is 0.446 e. The molecule has 1 atom stereocenters. The predicted octanol–water partition coefficient (Wildman–Crippen LogP) is 3.47. The van der Waals surface area contributed by atoms with Crippen molar-refractivity contribution in [3.05, 3.63) is 29.8 Å². The highest BCUT2D eigenvalue weighted by molar-refractivity contribution is 8.00. The number of piperidine rings is 1. The number of carbonyl (C=O) groups excluding carboxylic acids is 2. The van der Waals surface area contributed by atoms with Gasteiger partial charge >= 0.3 is 11.5 Å². The molecule has 4 nitrogen and oxygen atoms in total. The molecule has 1 unspecified atom stereocenters. The summed E-state index contributed by atoms with van der Waals surface area (Å²) in [7, 11) is 1.27. The Hall–Kier alpha value is -1.70. The summed E-state index contributed by atoms with van der Waals surface area (Å²) in [6.07, 6.45) is 2.13. The molecule has 0 radical (unpaired) electrons. The number of esters is 1. The number of carbonyl (C=O) groups is 2. The van der Waals surface area contributed by atoms with Gasteiger partial charge in [0.25, 0.3) is 5.91 Å². The summed E-state index contributed by atoms with van der Waals surface area (Å²) in [5.41, 5.74) is -4.11. The number of alkyl halides is 3. The Morgan fingerprint density at radius 3 is 2.43 bits per heavy atom. The van der Waals surface area contributed by atoms with Gasteiger partial charge in [0, 0.05) is 17.0 Å². The molecule has 1 saturated heterocycles. The van der Waals surface area contributed by atoms with Crippen molar-refractivity contribution in [3.63, 3.8) is 0 Å². The summed E-state index contributed by atoms with van der Waals surface area (Å²) in [6, 6.07) is 4.56. The van der Waals surface area contributed by atoms with Crippen molar-refractivity contribution in [2.75, 3.05) is 13.7 Å². The predicted molar refractivity (Wildman–Crippen MR) is 79.0 cm³/mol. The lowest BCUT2D eigenvalue weighted by Gasteiger charge is -2.33. The van der Waals surface area contributed by atoms with Crippen LogP contribution in [-0.4, -0.2) is 42.0 Å². The normalized spacial score (nSPS) is 18.6. The highest BCUT2D eigenvalue weighted by atomic mass is 32.2. The van der Waals surface area contributed by atoms with Crippen LogP contribution in [0.4, 0.5) is 13.2 Å². The molecule has 1 aliphatic rings. The van der Waals surface area contributed by atoms with Crippen LogP contribution in [0, 0.1) is 0 Å². The zero-order valence-electron chi connectivity index (χ0n) is 12.4. The first kappa shape index (κ1) is 17.7. The average Bonchev–Trinajstić information content (AvgIpc) is 2.52. The number of likely N-dealkylation sites (tertiary alicyclic amines) is 1. The van der Waals surface area contributed by atoms with Gasteiger partial charge in [-0.2, -0.15) is 13.2 Å². The molecule has 23 heavy (non-hydrogen) atoms. The third kappa shape index (κ3) is 4.63. The van der Waals surface area contributed by atoms with E-state index < -0.39 is 17.5 Å². The molecule has 0 N–H and O–H groups in total. The minimum Gasteiger partial charge on any atom is -0.467 e. The van der Waals surface area contributed by atoms with E-state index in [2.05, 4.69) is 0 Å². The number of hydrogen-bond donors (Lipinski definition) is 0. The second-order valence-corrected chi connectivity index (χ2v) is 6.24. The largest absolute Gasteiger partial charge is 0.467 e. The maximum Gasteiger partial charge on any atom is 0.446 e. The average molecular weight is 347 g/mol. The van der Waals surface area contributed by atoms with Crippen LogP contribution >= 0.6 is 11.8 Å². The van der Waals surface area contributed by atoms with Gasteiger partial charge in [-0.15, -0.1) is 0 Å². The standard InChI is InChI=1S/C15H16F3NO3S/c1-22-14(21)12-4-2-3-9-19(12)13(20)10-5-7-11(8-6-10)23-15(16,17)18/h5-8,12H,2-4,9H2,1H3. The zero-order valence-corrected chi connectivity index (χ0v) is 13.2. The van der Waals surface area contributed by atoms with Crippen LogP contribution in [0.3, 0.4) is 0 Å². The van der Waals surface area contributed by atoms with Gasteiger partial charge < -0.3 is 9.64 Å². The Morgan fingerprint density at radius 2 is 1.87 bits per heavy atom. The van der Waals surface area contributed by atoms with E-state index in [1.165, 1.54) is 36.3 Å². The summed E-state index contributed by atoms with van der Waals surface area (Å²) in [5, 5.41) is 0. The molecule has 1 aromatic rings. The van der Waals surface area contributed by atoms with Crippen molar-refractivity contribution < 1.29 is 27.5 Å². The van der Waals surface area contributed by atoms with E-state index in [-0.39, 0.29) is 28.1 Å². The number of rotatable bonds is 3. The lowest BCUT2D eigenvalue weighted by Crippen LogP contribution is -2.48. The quantitative estimate of drug-likeness (QED) is 0.620. The maximum atomic E-state index is 12.5. The summed E-state index contributed by atoms with van der Waals surface area (Å²) in [6.45, 7) is 0.428. The highest BCUT2D eigenvalue weighted by Crippen LogP contribution is 2.36. The lowest BCUT2D eigenvalue weighted by atomic mass is 10.0. The Morgan fingerprint density at radius 1 is 1.22 bits per heavy atom. The molecule has 0 saturated carbocycles. The molecule has 1 heterocycles. The van der Waals surface area contributed by atoms with Crippen LogP contribution in [0.25, 0.3) is 0 Å². The number of thioether (sulfide) groups is 1. The van der Waals surface area contributed by atoms with Gasteiger partial charge in [0.05, 0.1) is 7.11 Å². The Balaban J connectivity index is 2.13. The van der Waals surface area contributed by atoms with Crippen molar-refractivity contribution in [1.82, 2.24) is 4.90 Å². The topological polar surface area (TPSA) is 46.6 Å². The lowest BCUT2D eigenvalue weighted by molar-refractivity contribution is -0.147. The van der Waals surface area contributed by atoms with Crippen LogP contribution in [0.15, 0.2) is 29.2 Å². The van der Waals surface area contributed by atoms with Gasteiger partial charge in [-0.05, 0) is 55.3 Å². The Bertz CT molecular complexity index is 574. The Labute approximate surface area is 136 Å². The first-order valence-electron chi connectivity index (χ1n) is 7.06. The van der Waals surface area contributed by atoms with Gasteiger partial charge in [0.2, 0.25) is 0 Å². The number of ether oxygens (including phenoxy) is 1. The van der Waals surface area contributed by atoms with Crippen molar-refractivity contribution >= 4 is 23.6 Å². The maximum absolute atomic E-state index is 12.5. The summed E-state index contributed by atoms with van der Waals surface area (Å²) < 4.78 is 41.6. The van der Waals surface area contributed by atoms with Gasteiger partial charge in [0.15, 0.2) is 0 Å². The van der Waals surface area contributed by atoms with E-state index in [4.69, 9.17) is 4.74 Å². The fraction of sp³-hybridized carbons (Fsp3) is 0.467. The van der Waals surface area contributed by atoms with Gasteiger partial charge in [-0.1, -0.05) is 0 Å². The molecular weight excluding hydrogens is 331 g/mol. The van der Waals surface area contributed by atoms with E-state index in [0.29, 0.717) is 13.0 Å². The molecule has 126 valence electrons. The summed E-state index contributed by atoms with van der Waals surface area (Å²) in [4.78, 5) is 25.7. The molecule has 0 bridgehead atoms. The van der Waals surface area contributed by atoms with Crippen LogP contribution in [-0.2, 0) is 9.53 Å². The number of methoxy groups -OCH3 is 1. The van der Waals surface area contributed by atoms with E-state index in [0.717, 1.165) is 12.8 Å². The molecule has 1 aromatic carbocycles. The van der Waals surface area contributed by atoms with Crippen LogP contribution in [0.1, 0.15) is 29.6 Å². The van der Waals surface area contributed by atoms with Crippen molar-refractivity contribution in [1.29, 1.82) is 0 Å². The van der Waals surface area contributed by atoms with Crippen LogP contribution in [0.5, 0.6) is 0 Å². The number of amides is 1. The third-order valence-corrected chi connectivity index (χ3v) is 4.31. The molecule has 0 aromatic heterocycles. The summed E-state index contributed by atoms with van der Waals surface area (Å²) >= 11 is -0.233. The number of hydrogen-bond acceptors (Lipinski definition) is 4. The van der Waals surface area contributed by atoms with Crippen molar-refractivity contribution in [3.8, 4) is 0 Å². The third-order valence-electron chi connectivity index (χ3n) is 3.57. The van der Waals surface area contributed by atoms with Gasteiger partial charge in [0.1, 0.15) is 6.04 Å². The second kappa shape index (κ2) is 7.25. The minimum absolute atomic E-state index is 0.0113. The van der Waals surface area contributed by atoms with Crippen molar-refractivity contribution in [2.45, 2.75) is 35.7 Å². The first-order valence-corrected chi connectivity index (χ1v) is 7.88. The van der Waals surface area contributed by atoms with Gasteiger partial charge in [-0.3, -0.25) is 4.79 Å². The van der Waals surface area contributed by atoms with Crippen LogP contribution in [0.2, 0.25) is 0 Å². The van der Waals surface area contributed by atoms with E-state index >= 15 is 0 Å². The van der Waals surface area contributed by atoms with E-state index in [9.17, 15) is 22.8 Å². The molecule has 1 aliphatic heterocycles. The molecule has 2 rings (SSSR count). The molecular formula is C15H16F3NO3S. The fourth-order valence-corrected chi connectivity index (χ4v) is 3.06. The molecule has 1 fully saturated rings. The highest BCUT2D eigenvalue weighted by Gasteiger charge is 2.33. The molecule has 8 heteroatoms. The minimum atomic E-state index is -4.37. The fourth-order valence-electron chi connectivity index (χ4n) is 2.52. The first-order chi connectivity index (χ1) is 10.8. The monoisotopic (exact) mass is 347 g/mol. The molecule has 0 spiro atoms.